The third kappa shape index (κ3) is 4.72. The van der Waals surface area contributed by atoms with Gasteiger partial charge in [-0.1, -0.05) is 43.3 Å². The van der Waals surface area contributed by atoms with Crippen LogP contribution in [0.2, 0.25) is 0 Å². The Kier molecular flexibility index (Phi) is 6.60. The van der Waals surface area contributed by atoms with Crippen molar-refractivity contribution >= 4 is 23.5 Å². The number of carbonyl (C=O) groups is 3. The molecule has 0 aromatic heterocycles. The molecule has 30 heavy (non-hydrogen) atoms. The third-order valence-corrected chi connectivity index (χ3v) is 4.56. The molecular weight excluding hydrogens is 380 g/mol. The first-order chi connectivity index (χ1) is 14.5. The number of carboxylic acid groups (broad SMARTS) is 1. The predicted octanol–water partition coefficient (Wildman–Crippen LogP) is 4.44. The van der Waals surface area contributed by atoms with Crippen molar-refractivity contribution in [2.24, 2.45) is 0 Å². The average Bonchev–Trinajstić information content (AvgIpc) is 2.78. The second-order valence-corrected chi connectivity index (χ2v) is 6.68. The predicted molar refractivity (Wildman–Crippen MR) is 116 cm³/mol. The average molecular weight is 402 g/mol. The Morgan fingerprint density at radius 1 is 0.767 bits per heavy atom. The van der Waals surface area contributed by atoms with Crippen molar-refractivity contribution in [1.82, 2.24) is 5.32 Å². The summed E-state index contributed by atoms with van der Waals surface area (Å²) in [6.07, 6.45) is 0.851. The van der Waals surface area contributed by atoms with E-state index in [1.54, 1.807) is 66.7 Å². The molecule has 152 valence electrons. The summed E-state index contributed by atoms with van der Waals surface area (Å²) in [6, 6.07) is 20.0. The molecule has 3 aromatic carbocycles. The lowest BCUT2D eigenvalue weighted by molar-refractivity contribution is 0.0697. The van der Waals surface area contributed by atoms with E-state index in [2.05, 4.69) is 10.6 Å². The Hall–Kier alpha value is -3.93. The molecule has 6 nitrogen and oxygen atoms in total. The number of carboxylic acids is 1. The molecule has 0 spiro atoms. The molecule has 0 radical (unpaired) electrons. The number of rotatable bonds is 7. The van der Waals surface area contributed by atoms with Gasteiger partial charge in [-0.2, -0.15) is 0 Å². The van der Waals surface area contributed by atoms with Gasteiger partial charge in [-0.25, -0.2) is 4.79 Å². The normalized spacial score (nSPS) is 10.3. The number of aromatic carboxylic acids is 1. The zero-order chi connectivity index (χ0) is 21.5. The molecule has 3 aromatic rings. The van der Waals surface area contributed by atoms with Gasteiger partial charge in [-0.05, 0) is 53.9 Å². The van der Waals surface area contributed by atoms with Crippen LogP contribution in [0.15, 0.2) is 72.8 Å². The summed E-state index contributed by atoms with van der Waals surface area (Å²) in [7, 11) is 0. The van der Waals surface area contributed by atoms with Crippen LogP contribution in [0.4, 0.5) is 5.69 Å². The highest BCUT2D eigenvalue weighted by Crippen LogP contribution is 2.28. The standard InChI is InChI=1S/C24H22N2O4/c1-2-15-25-22(27)16-11-13-17(14-12-16)26-23(28)20-9-5-3-7-18(20)19-8-4-6-10-21(19)24(29)30/h3-14H,2,15H2,1H3,(H,25,27)(H,26,28)(H,29,30). The maximum atomic E-state index is 12.9. The first kappa shape index (κ1) is 20.8. The van der Waals surface area contributed by atoms with Crippen molar-refractivity contribution < 1.29 is 19.5 Å². The molecule has 0 fully saturated rings. The molecule has 0 aliphatic rings. The van der Waals surface area contributed by atoms with Crippen LogP contribution >= 0.6 is 0 Å². The number of anilines is 1. The molecule has 0 saturated heterocycles. The van der Waals surface area contributed by atoms with E-state index in [1.165, 1.54) is 6.07 Å². The summed E-state index contributed by atoms with van der Waals surface area (Å²) in [5.41, 5.74) is 2.53. The molecule has 3 N–H and O–H groups in total. The van der Waals surface area contributed by atoms with E-state index in [0.717, 1.165) is 6.42 Å². The summed E-state index contributed by atoms with van der Waals surface area (Å²) in [5.74, 6) is -1.59. The van der Waals surface area contributed by atoms with E-state index in [4.69, 9.17) is 0 Å². The Labute approximate surface area is 174 Å². The van der Waals surface area contributed by atoms with E-state index in [1.807, 2.05) is 6.92 Å². The number of amides is 2. The lowest BCUT2D eigenvalue weighted by atomic mass is 9.95. The van der Waals surface area contributed by atoms with Crippen molar-refractivity contribution in [3.8, 4) is 11.1 Å². The van der Waals surface area contributed by atoms with Crippen molar-refractivity contribution in [3.05, 3.63) is 89.5 Å². The van der Waals surface area contributed by atoms with Crippen molar-refractivity contribution in [2.75, 3.05) is 11.9 Å². The molecule has 0 aliphatic heterocycles. The van der Waals surface area contributed by atoms with Crippen molar-refractivity contribution in [2.45, 2.75) is 13.3 Å². The van der Waals surface area contributed by atoms with Crippen LogP contribution in [0.25, 0.3) is 11.1 Å². The van der Waals surface area contributed by atoms with Gasteiger partial charge in [0.15, 0.2) is 0 Å². The van der Waals surface area contributed by atoms with Gasteiger partial charge >= 0.3 is 5.97 Å². The van der Waals surface area contributed by atoms with E-state index in [-0.39, 0.29) is 17.4 Å². The molecule has 0 unspecified atom stereocenters. The maximum Gasteiger partial charge on any atom is 0.336 e. The minimum atomic E-state index is -1.06. The van der Waals surface area contributed by atoms with E-state index < -0.39 is 5.97 Å². The Morgan fingerprint density at radius 3 is 1.93 bits per heavy atom. The van der Waals surface area contributed by atoms with E-state index in [0.29, 0.717) is 34.5 Å². The molecular formula is C24H22N2O4. The van der Waals surface area contributed by atoms with Crippen LogP contribution in [0, 0.1) is 0 Å². The number of benzene rings is 3. The summed E-state index contributed by atoms with van der Waals surface area (Å²) in [4.78, 5) is 36.5. The van der Waals surface area contributed by atoms with Gasteiger partial charge in [0.25, 0.3) is 11.8 Å². The molecule has 0 atom stereocenters. The second-order valence-electron chi connectivity index (χ2n) is 6.68. The lowest BCUT2D eigenvalue weighted by Crippen LogP contribution is -2.23. The first-order valence-corrected chi connectivity index (χ1v) is 9.62. The van der Waals surface area contributed by atoms with Crippen LogP contribution in [0.3, 0.4) is 0 Å². The van der Waals surface area contributed by atoms with Gasteiger partial charge in [0.2, 0.25) is 0 Å². The number of hydrogen-bond acceptors (Lipinski definition) is 3. The van der Waals surface area contributed by atoms with Gasteiger partial charge in [0, 0.05) is 23.4 Å². The molecule has 6 heteroatoms. The summed E-state index contributed by atoms with van der Waals surface area (Å²) < 4.78 is 0. The molecule has 0 heterocycles. The Bertz CT molecular complexity index is 1070. The monoisotopic (exact) mass is 402 g/mol. The highest BCUT2D eigenvalue weighted by molar-refractivity contribution is 6.10. The highest BCUT2D eigenvalue weighted by Gasteiger charge is 2.17. The summed E-state index contributed by atoms with van der Waals surface area (Å²) in [5, 5.41) is 15.1. The van der Waals surface area contributed by atoms with E-state index in [9.17, 15) is 19.5 Å². The molecule has 0 aliphatic carbocycles. The van der Waals surface area contributed by atoms with Crippen LogP contribution in [0.5, 0.6) is 0 Å². The Balaban J connectivity index is 1.84. The lowest BCUT2D eigenvalue weighted by Gasteiger charge is -2.12. The highest BCUT2D eigenvalue weighted by atomic mass is 16.4. The maximum absolute atomic E-state index is 12.9. The van der Waals surface area contributed by atoms with Crippen molar-refractivity contribution in [1.29, 1.82) is 0 Å². The molecule has 0 bridgehead atoms. The van der Waals surface area contributed by atoms with Crippen molar-refractivity contribution in [3.63, 3.8) is 0 Å². The van der Waals surface area contributed by atoms with Crippen LogP contribution in [0.1, 0.15) is 44.4 Å². The molecule has 3 rings (SSSR count). The zero-order valence-corrected chi connectivity index (χ0v) is 16.5. The van der Waals surface area contributed by atoms with Crippen LogP contribution in [-0.4, -0.2) is 29.4 Å². The minimum Gasteiger partial charge on any atom is -0.478 e. The zero-order valence-electron chi connectivity index (χ0n) is 16.5. The fraction of sp³-hybridized carbons (Fsp3) is 0.125. The first-order valence-electron chi connectivity index (χ1n) is 9.62. The van der Waals surface area contributed by atoms with E-state index >= 15 is 0 Å². The quantitative estimate of drug-likeness (QED) is 0.544. The fourth-order valence-corrected chi connectivity index (χ4v) is 3.06. The largest absolute Gasteiger partial charge is 0.478 e. The number of hydrogen-bond donors (Lipinski definition) is 3. The van der Waals surface area contributed by atoms with Gasteiger partial charge in [-0.3, -0.25) is 9.59 Å². The van der Waals surface area contributed by atoms with Gasteiger partial charge < -0.3 is 15.7 Å². The van der Waals surface area contributed by atoms with Gasteiger partial charge in [0.1, 0.15) is 0 Å². The van der Waals surface area contributed by atoms with Gasteiger partial charge in [-0.15, -0.1) is 0 Å². The number of carbonyl (C=O) groups excluding carboxylic acids is 2. The van der Waals surface area contributed by atoms with Gasteiger partial charge in [0.05, 0.1) is 5.56 Å². The van der Waals surface area contributed by atoms with Crippen LogP contribution < -0.4 is 10.6 Å². The summed E-state index contributed by atoms with van der Waals surface area (Å²) >= 11 is 0. The smallest absolute Gasteiger partial charge is 0.336 e. The van der Waals surface area contributed by atoms with Crippen LogP contribution in [-0.2, 0) is 0 Å². The molecule has 2 amide bonds. The topological polar surface area (TPSA) is 95.5 Å². The number of nitrogens with one attached hydrogen (secondary N) is 2. The SMILES string of the molecule is CCCNC(=O)c1ccc(NC(=O)c2ccccc2-c2ccccc2C(=O)O)cc1. The second kappa shape index (κ2) is 9.52. The summed E-state index contributed by atoms with van der Waals surface area (Å²) in [6.45, 7) is 2.58. The fourth-order valence-electron chi connectivity index (χ4n) is 3.06. The minimum absolute atomic E-state index is 0.125. The third-order valence-electron chi connectivity index (χ3n) is 4.56. The Morgan fingerprint density at radius 2 is 1.33 bits per heavy atom. The molecule has 0 saturated carbocycles.